The largest absolute Gasteiger partial charge is 0.396 e. The smallest absolute Gasteiger partial charge is 0.151 e. The summed E-state index contributed by atoms with van der Waals surface area (Å²) in [7, 11) is 0. The van der Waals surface area contributed by atoms with Crippen LogP contribution in [0.3, 0.4) is 0 Å². The summed E-state index contributed by atoms with van der Waals surface area (Å²) in [6.07, 6.45) is 3.78. The van der Waals surface area contributed by atoms with Crippen molar-refractivity contribution in [2.24, 2.45) is 5.92 Å². The standard InChI is InChI=1S/C18H22FN3O/c19-16-5-3-14(4-6-16)12-21-17-2-1-9-20-18(17)22-10-7-15(13-23)8-11-22/h1-6,9,15,21,23H,7-8,10-13H2. The van der Waals surface area contributed by atoms with Gasteiger partial charge in [-0.3, -0.25) is 0 Å². The number of rotatable bonds is 5. The summed E-state index contributed by atoms with van der Waals surface area (Å²) in [5.41, 5.74) is 2.01. The van der Waals surface area contributed by atoms with Crippen molar-refractivity contribution >= 4 is 11.5 Å². The highest BCUT2D eigenvalue weighted by atomic mass is 19.1. The second-order valence-electron chi connectivity index (χ2n) is 5.97. The van der Waals surface area contributed by atoms with Crippen LogP contribution in [0.15, 0.2) is 42.6 Å². The maximum atomic E-state index is 13.0. The molecule has 23 heavy (non-hydrogen) atoms. The van der Waals surface area contributed by atoms with Gasteiger partial charge in [-0.05, 0) is 48.6 Å². The van der Waals surface area contributed by atoms with Crippen molar-refractivity contribution in [3.63, 3.8) is 0 Å². The summed E-state index contributed by atoms with van der Waals surface area (Å²) in [5.74, 6) is 1.14. The molecule has 0 spiro atoms. The third-order valence-electron chi connectivity index (χ3n) is 4.36. The van der Waals surface area contributed by atoms with E-state index < -0.39 is 0 Å². The van der Waals surface area contributed by atoms with E-state index in [4.69, 9.17) is 0 Å². The fourth-order valence-electron chi connectivity index (χ4n) is 2.91. The van der Waals surface area contributed by atoms with Gasteiger partial charge < -0.3 is 15.3 Å². The summed E-state index contributed by atoms with van der Waals surface area (Å²) in [6, 6.07) is 10.4. The summed E-state index contributed by atoms with van der Waals surface area (Å²) < 4.78 is 13.0. The van der Waals surface area contributed by atoms with Crippen LogP contribution in [0.4, 0.5) is 15.9 Å². The van der Waals surface area contributed by atoms with E-state index in [1.54, 1.807) is 18.3 Å². The number of nitrogens with one attached hydrogen (secondary N) is 1. The van der Waals surface area contributed by atoms with E-state index >= 15 is 0 Å². The monoisotopic (exact) mass is 315 g/mol. The van der Waals surface area contributed by atoms with Crippen molar-refractivity contribution in [1.82, 2.24) is 4.98 Å². The van der Waals surface area contributed by atoms with Gasteiger partial charge in [0.15, 0.2) is 5.82 Å². The van der Waals surface area contributed by atoms with Gasteiger partial charge in [0.25, 0.3) is 0 Å². The fraction of sp³-hybridized carbons (Fsp3) is 0.389. The van der Waals surface area contributed by atoms with Crippen LogP contribution in [0.1, 0.15) is 18.4 Å². The van der Waals surface area contributed by atoms with Gasteiger partial charge in [-0.15, -0.1) is 0 Å². The topological polar surface area (TPSA) is 48.4 Å². The second-order valence-corrected chi connectivity index (χ2v) is 5.97. The van der Waals surface area contributed by atoms with Crippen LogP contribution < -0.4 is 10.2 Å². The molecule has 0 saturated carbocycles. The number of piperidine rings is 1. The summed E-state index contributed by atoms with van der Waals surface area (Å²) in [4.78, 5) is 6.78. The quantitative estimate of drug-likeness (QED) is 0.890. The van der Waals surface area contributed by atoms with Gasteiger partial charge >= 0.3 is 0 Å². The average molecular weight is 315 g/mol. The van der Waals surface area contributed by atoms with Crippen molar-refractivity contribution in [2.45, 2.75) is 19.4 Å². The molecule has 0 amide bonds. The van der Waals surface area contributed by atoms with Gasteiger partial charge in [-0.1, -0.05) is 12.1 Å². The lowest BCUT2D eigenvalue weighted by molar-refractivity contribution is 0.203. The van der Waals surface area contributed by atoms with Crippen LogP contribution >= 0.6 is 0 Å². The number of anilines is 2. The lowest BCUT2D eigenvalue weighted by Crippen LogP contribution is -2.35. The highest BCUT2D eigenvalue weighted by Crippen LogP contribution is 2.27. The van der Waals surface area contributed by atoms with E-state index in [1.165, 1.54) is 12.1 Å². The Balaban J connectivity index is 1.67. The van der Waals surface area contributed by atoms with Crippen LogP contribution in [-0.2, 0) is 6.54 Å². The molecule has 2 N–H and O–H groups in total. The van der Waals surface area contributed by atoms with Crippen molar-refractivity contribution in [1.29, 1.82) is 0 Å². The van der Waals surface area contributed by atoms with E-state index in [0.717, 1.165) is 43.0 Å². The first-order chi connectivity index (χ1) is 11.3. The summed E-state index contributed by atoms with van der Waals surface area (Å²) in [6.45, 7) is 2.72. The zero-order chi connectivity index (χ0) is 16.1. The maximum absolute atomic E-state index is 13.0. The molecule has 2 aromatic rings. The molecule has 1 aromatic heterocycles. The molecular weight excluding hydrogens is 293 g/mol. The normalized spacial score (nSPS) is 15.7. The van der Waals surface area contributed by atoms with E-state index in [9.17, 15) is 9.50 Å². The molecule has 0 atom stereocenters. The van der Waals surface area contributed by atoms with Crippen LogP contribution in [0.5, 0.6) is 0 Å². The zero-order valence-electron chi connectivity index (χ0n) is 13.1. The minimum atomic E-state index is -0.220. The molecule has 5 heteroatoms. The van der Waals surface area contributed by atoms with E-state index in [0.29, 0.717) is 12.5 Å². The fourth-order valence-corrected chi connectivity index (χ4v) is 2.91. The predicted molar refractivity (Wildman–Crippen MR) is 90.0 cm³/mol. The Morgan fingerprint density at radius 2 is 1.91 bits per heavy atom. The average Bonchev–Trinajstić information content (AvgIpc) is 2.62. The van der Waals surface area contributed by atoms with Crippen molar-refractivity contribution in [3.8, 4) is 0 Å². The SMILES string of the molecule is OCC1CCN(c2ncccc2NCc2ccc(F)cc2)CC1. The Labute approximate surface area is 136 Å². The third-order valence-corrected chi connectivity index (χ3v) is 4.36. The van der Waals surface area contributed by atoms with Crippen molar-refractivity contribution < 1.29 is 9.50 Å². The Kier molecular flexibility index (Phi) is 5.08. The minimum Gasteiger partial charge on any atom is -0.396 e. The second kappa shape index (κ2) is 7.42. The zero-order valence-corrected chi connectivity index (χ0v) is 13.1. The third kappa shape index (κ3) is 3.99. The first kappa shape index (κ1) is 15.7. The maximum Gasteiger partial charge on any atom is 0.151 e. The van der Waals surface area contributed by atoms with E-state index in [2.05, 4.69) is 15.2 Å². The molecule has 1 aliphatic heterocycles. The van der Waals surface area contributed by atoms with Crippen LogP contribution in [0.25, 0.3) is 0 Å². The lowest BCUT2D eigenvalue weighted by Gasteiger charge is -2.33. The van der Waals surface area contributed by atoms with E-state index in [1.807, 2.05) is 12.1 Å². The summed E-state index contributed by atoms with van der Waals surface area (Å²) in [5, 5.41) is 12.7. The van der Waals surface area contributed by atoms with Crippen LogP contribution in [0, 0.1) is 11.7 Å². The molecule has 0 radical (unpaired) electrons. The molecule has 1 fully saturated rings. The molecule has 2 heterocycles. The Hall–Kier alpha value is -2.14. The molecule has 0 bridgehead atoms. The van der Waals surface area contributed by atoms with Crippen molar-refractivity contribution in [3.05, 3.63) is 54.0 Å². The van der Waals surface area contributed by atoms with Gasteiger partial charge in [-0.2, -0.15) is 0 Å². The molecule has 1 aromatic carbocycles. The van der Waals surface area contributed by atoms with Gasteiger partial charge in [-0.25, -0.2) is 9.37 Å². The highest BCUT2D eigenvalue weighted by Gasteiger charge is 2.21. The Morgan fingerprint density at radius 1 is 1.17 bits per heavy atom. The number of pyridine rings is 1. The number of aliphatic hydroxyl groups is 1. The molecule has 0 unspecified atom stereocenters. The molecule has 4 nitrogen and oxygen atoms in total. The number of benzene rings is 1. The van der Waals surface area contributed by atoms with Gasteiger partial charge in [0, 0.05) is 32.4 Å². The number of aliphatic hydroxyl groups excluding tert-OH is 1. The van der Waals surface area contributed by atoms with Crippen molar-refractivity contribution in [2.75, 3.05) is 29.9 Å². The van der Waals surface area contributed by atoms with Gasteiger partial charge in [0.05, 0.1) is 5.69 Å². The molecule has 0 aliphatic carbocycles. The molecule has 1 aliphatic rings. The molecular formula is C18H22FN3O. The van der Waals surface area contributed by atoms with E-state index in [-0.39, 0.29) is 12.4 Å². The minimum absolute atomic E-state index is 0.220. The first-order valence-electron chi connectivity index (χ1n) is 8.05. The lowest BCUT2D eigenvalue weighted by atomic mass is 9.98. The van der Waals surface area contributed by atoms with Gasteiger partial charge in [0.1, 0.15) is 5.82 Å². The number of hydrogen-bond acceptors (Lipinski definition) is 4. The predicted octanol–water partition coefficient (Wildman–Crippen LogP) is 3.04. The molecule has 1 saturated heterocycles. The summed E-state index contributed by atoms with van der Waals surface area (Å²) >= 11 is 0. The van der Waals surface area contributed by atoms with Gasteiger partial charge in [0.2, 0.25) is 0 Å². The Bertz CT molecular complexity index is 624. The molecule has 122 valence electrons. The number of halogens is 1. The number of hydrogen-bond donors (Lipinski definition) is 2. The first-order valence-corrected chi connectivity index (χ1v) is 8.05. The van der Waals surface area contributed by atoms with Crippen LogP contribution in [0.2, 0.25) is 0 Å². The molecule has 3 rings (SSSR count). The number of nitrogens with zero attached hydrogens (tertiary/aromatic N) is 2. The Morgan fingerprint density at radius 3 is 2.61 bits per heavy atom. The highest BCUT2D eigenvalue weighted by molar-refractivity contribution is 5.65. The van der Waals surface area contributed by atoms with Crippen LogP contribution in [-0.4, -0.2) is 29.8 Å². The number of aromatic nitrogens is 1.